The van der Waals surface area contributed by atoms with Crippen molar-refractivity contribution in [2.45, 2.75) is 27.3 Å². The van der Waals surface area contributed by atoms with Gasteiger partial charge in [-0.25, -0.2) is 9.37 Å². The summed E-state index contributed by atoms with van der Waals surface area (Å²) in [6.07, 6.45) is 0. The monoisotopic (exact) mass is 365 g/mol. The first kappa shape index (κ1) is 18.5. The highest BCUT2D eigenvalue weighted by Gasteiger charge is 2.13. The number of amides is 1. The molecule has 27 heavy (non-hydrogen) atoms. The maximum atomic E-state index is 13.2. The van der Waals surface area contributed by atoms with E-state index in [2.05, 4.69) is 10.3 Å². The lowest BCUT2D eigenvalue weighted by Crippen LogP contribution is -2.29. The Morgan fingerprint density at radius 3 is 2.30 bits per heavy atom. The summed E-state index contributed by atoms with van der Waals surface area (Å²) in [7, 11) is 0. The van der Waals surface area contributed by atoms with Crippen molar-refractivity contribution < 1.29 is 9.18 Å². The average Bonchev–Trinajstić information content (AvgIpc) is 2.57. The van der Waals surface area contributed by atoms with Crippen LogP contribution in [0.15, 0.2) is 53.3 Å². The predicted octanol–water partition coefficient (Wildman–Crippen LogP) is 3.61. The van der Waals surface area contributed by atoms with Crippen molar-refractivity contribution in [3.8, 4) is 11.4 Å². The Morgan fingerprint density at radius 2 is 1.67 bits per heavy atom. The minimum Gasteiger partial charge on any atom is -0.325 e. The number of aryl methyl sites for hydroxylation is 3. The van der Waals surface area contributed by atoms with E-state index in [1.165, 1.54) is 34.9 Å². The number of rotatable bonds is 4. The number of nitrogens with one attached hydrogen (secondary N) is 1. The van der Waals surface area contributed by atoms with Crippen LogP contribution < -0.4 is 10.9 Å². The van der Waals surface area contributed by atoms with Crippen LogP contribution in [0.4, 0.5) is 10.1 Å². The van der Waals surface area contributed by atoms with E-state index in [0.717, 1.165) is 11.1 Å². The second kappa shape index (κ2) is 7.53. The molecule has 138 valence electrons. The van der Waals surface area contributed by atoms with E-state index in [9.17, 15) is 14.0 Å². The van der Waals surface area contributed by atoms with Crippen LogP contribution in [0.25, 0.3) is 11.4 Å². The highest BCUT2D eigenvalue weighted by molar-refractivity contribution is 5.91. The van der Waals surface area contributed by atoms with E-state index >= 15 is 0 Å². The number of hydrogen-bond donors (Lipinski definition) is 1. The van der Waals surface area contributed by atoms with Crippen LogP contribution in [0, 0.1) is 26.6 Å². The molecule has 0 radical (unpaired) electrons. The van der Waals surface area contributed by atoms with Gasteiger partial charge in [-0.05, 0) is 68.3 Å². The standard InChI is InChI=1S/C21H20FN3O2/c1-13-8-14(2)10-18(9-13)24-19(26)12-25-20(27)11-15(3)23-21(25)16-4-6-17(22)7-5-16/h4-11H,12H2,1-3H3,(H,24,26). The fraction of sp³-hybridized carbons (Fsp3) is 0.190. The summed E-state index contributed by atoms with van der Waals surface area (Å²) in [5.41, 5.74) is 3.51. The van der Waals surface area contributed by atoms with Crippen molar-refractivity contribution >= 4 is 11.6 Å². The van der Waals surface area contributed by atoms with Gasteiger partial charge in [0, 0.05) is 23.0 Å². The lowest BCUT2D eigenvalue weighted by molar-refractivity contribution is -0.116. The van der Waals surface area contributed by atoms with Gasteiger partial charge in [0.2, 0.25) is 5.91 Å². The number of carbonyl (C=O) groups is 1. The number of benzene rings is 2. The van der Waals surface area contributed by atoms with Crippen LogP contribution >= 0.6 is 0 Å². The maximum absolute atomic E-state index is 13.2. The molecule has 3 rings (SSSR count). The molecule has 1 N–H and O–H groups in total. The van der Waals surface area contributed by atoms with Gasteiger partial charge >= 0.3 is 0 Å². The van der Waals surface area contributed by atoms with E-state index in [1.807, 2.05) is 32.0 Å². The Kier molecular flexibility index (Phi) is 5.16. The van der Waals surface area contributed by atoms with Crippen molar-refractivity contribution in [1.82, 2.24) is 9.55 Å². The number of aromatic nitrogens is 2. The first-order chi connectivity index (χ1) is 12.8. The lowest BCUT2D eigenvalue weighted by atomic mass is 10.1. The molecule has 1 heterocycles. The molecule has 5 nitrogen and oxygen atoms in total. The molecule has 0 aliphatic carbocycles. The quantitative estimate of drug-likeness (QED) is 0.768. The molecule has 3 aromatic rings. The summed E-state index contributed by atoms with van der Waals surface area (Å²) in [5, 5.41) is 2.82. The maximum Gasteiger partial charge on any atom is 0.254 e. The van der Waals surface area contributed by atoms with Gasteiger partial charge in [-0.1, -0.05) is 6.07 Å². The lowest BCUT2D eigenvalue weighted by Gasteiger charge is -2.13. The first-order valence-corrected chi connectivity index (χ1v) is 8.54. The number of carbonyl (C=O) groups excluding carboxylic acids is 1. The van der Waals surface area contributed by atoms with Gasteiger partial charge in [-0.15, -0.1) is 0 Å². The Bertz CT molecular complexity index is 1040. The largest absolute Gasteiger partial charge is 0.325 e. The van der Waals surface area contributed by atoms with Gasteiger partial charge in [0.25, 0.3) is 5.56 Å². The molecule has 0 aliphatic rings. The molecule has 2 aromatic carbocycles. The van der Waals surface area contributed by atoms with Crippen molar-refractivity contribution in [2.24, 2.45) is 0 Å². The fourth-order valence-electron chi connectivity index (χ4n) is 2.98. The average molecular weight is 365 g/mol. The third kappa shape index (κ3) is 4.47. The molecule has 0 saturated heterocycles. The molecule has 0 atom stereocenters. The van der Waals surface area contributed by atoms with E-state index in [4.69, 9.17) is 0 Å². The molecule has 0 fully saturated rings. The Morgan fingerprint density at radius 1 is 1.04 bits per heavy atom. The number of halogens is 1. The van der Waals surface area contributed by atoms with Crippen LogP contribution in [-0.2, 0) is 11.3 Å². The summed E-state index contributed by atoms with van der Waals surface area (Å²) in [4.78, 5) is 29.4. The van der Waals surface area contributed by atoms with E-state index in [0.29, 0.717) is 22.8 Å². The predicted molar refractivity (Wildman–Crippen MR) is 103 cm³/mol. The summed E-state index contributed by atoms with van der Waals surface area (Å²) in [6, 6.07) is 12.8. The topological polar surface area (TPSA) is 64.0 Å². The van der Waals surface area contributed by atoms with E-state index in [1.54, 1.807) is 6.92 Å². The SMILES string of the molecule is Cc1cc(C)cc(NC(=O)Cn2c(-c3ccc(F)cc3)nc(C)cc2=O)c1. The third-order valence-electron chi connectivity index (χ3n) is 4.05. The van der Waals surface area contributed by atoms with Crippen molar-refractivity contribution in [3.05, 3.63) is 81.5 Å². The van der Waals surface area contributed by atoms with Gasteiger partial charge in [-0.3, -0.25) is 14.2 Å². The highest BCUT2D eigenvalue weighted by atomic mass is 19.1. The van der Waals surface area contributed by atoms with Crippen LogP contribution in [0.3, 0.4) is 0 Å². The number of nitrogens with zero attached hydrogens (tertiary/aromatic N) is 2. The smallest absolute Gasteiger partial charge is 0.254 e. The normalized spacial score (nSPS) is 10.7. The zero-order chi connectivity index (χ0) is 19.6. The van der Waals surface area contributed by atoms with Crippen molar-refractivity contribution in [2.75, 3.05) is 5.32 Å². The second-order valence-corrected chi connectivity index (χ2v) is 6.58. The molecule has 0 saturated carbocycles. The number of hydrogen-bond acceptors (Lipinski definition) is 3. The molecule has 0 unspecified atom stereocenters. The summed E-state index contributed by atoms with van der Waals surface area (Å²) < 4.78 is 14.5. The Balaban J connectivity index is 1.93. The molecule has 1 amide bonds. The van der Waals surface area contributed by atoms with Gasteiger partial charge in [0.15, 0.2) is 0 Å². The first-order valence-electron chi connectivity index (χ1n) is 8.54. The summed E-state index contributed by atoms with van der Waals surface area (Å²) in [6.45, 7) is 5.41. The Hall–Kier alpha value is -3.28. The second-order valence-electron chi connectivity index (χ2n) is 6.58. The Labute approximate surface area is 156 Å². The van der Waals surface area contributed by atoms with Crippen LogP contribution in [0.2, 0.25) is 0 Å². The molecule has 0 bridgehead atoms. The number of anilines is 1. The third-order valence-corrected chi connectivity index (χ3v) is 4.05. The van der Waals surface area contributed by atoms with Crippen molar-refractivity contribution in [1.29, 1.82) is 0 Å². The molecular formula is C21H20FN3O2. The molecular weight excluding hydrogens is 345 g/mol. The van der Waals surface area contributed by atoms with E-state index in [-0.39, 0.29) is 23.8 Å². The molecule has 0 spiro atoms. The van der Waals surface area contributed by atoms with Gasteiger partial charge in [0.1, 0.15) is 18.2 Å². The summed E-state index contributed by atoms with van der Waals surface area (Å²) in [5.74, 6) is -0.389. The van der Waals surface area contributed by atoms with Crippen molar-refractivity contribution in [3.63, 3.8) is 0 Å². The summed E-state index contributed by atoms with van der Waals surface area (Å²) >= 11 is 0. The van der Waals surface area contributed by atoms with Gasteiger partial charge in [0.05, 0.1) is 0 Å². The zero-order valence-corrected chi connectivity index (χ0v) is 15.4. The van der Waals surface area contributed by atoms with Crippen LogP contribution in [-0.4, -0.2) is 15.5 Å². The van der Waals surface area contributed by atoms with Gasteiger partial charge in [-0.2, -0.15) is 0 Å². The molecule has 1 aromatic heterocycles. The fourth-order valence-corrected chi connectivity index (χ4v) is 2.98. The van der Waals surface area contributed by atoms with Crippen LogP contribution in [0.5, 0.6) is 0 Å². The van der Waals surface area contributed by atoms with Gasteiger partial charge < -0.3 is 5.32 Å². The minimum atomic E-state index is -0.382. The van der Waals surface area contributed by atoms with Crippen LogP contribution in [0.1, 0.15) is 16.8 Å². The molecule has 6 heteroatoms. The minimum absolute atomic E-state index is 0.189. The zero-order valence-electron chi connectivity index (χ0n) is 15.4. The van der Waals surface area contributed by atoms with E-state index < -0.39 is 0 Å². The molecule has 0 aliphatic heterocycles. The highest BCUT2D eigenvalue weighted by Crippen LogP contribution is 2.18.